The molecule has 2 aromatic rings. The first-order chi connectivity index (χ1) is 13.5. The molecule has 2 heterocycles. The van der Waals surface area contributed by atoms with Gasteiger partial charge in [-0.05, 0) is 42.1 Å². The van der Waals surface area contributed by atoms with Crippen LogP contribution in [-0.4, -0.2) is 36.8 Å². The van der Waals surface area contributed by atoms with Gasteiger partial charge in [0.25, 0.3) is 10.0 Å². The minimum absolute atomic E-state index is 0.165. The fraction of sp³-hybridized carbons (Fsp3) is 0.333. The lowest BCUT2D eigenvalue weighted by Gasteiger charge is -2.30. The van der Waals surface area contributed by atoms with Crippen LogP contribution in [0.1, 0.15) is 18.4 Å². The van der Waals surface area contributed by atoms with Gasteiger partial charge in [-0.2, -0.15) is 4.31 Å². The molecule has 7 nitrogen and oxygen atoms in total. The van der Waals surface area contributed by atoms with Gasteiger partial charge in [-0.25, -0.2) is 8.42 Å². The molecule has 10 heteroatoms. The molecule has 1 unspecified atom stereocenters. The minimum Gasteiger partial charge on any atom is -0.357 e. The second kappa shape index (κ2) is 9.46. The predicted molar refractivity (Wildman–Crippen MR) is 113 cm³/mol. The summed E-state index contributed by atoms with van der Waals surface area (Å²) in [5.41, 5.74) is 6.34. The smallest absolute Gasteiger partial charge is 0.252 e. The van der Waals surface area contributed by atoms with Crippen molar-refractivity contribution in [2.75, 3.05) is 13.1 Å². The molecule has 1 aromatic heterocycles. The van der Waals surface area contributed by atoms with Gasteiger partial charge in [0.2, 0.25) is 5.91 Å². The van der Waals surface area contributed by atoms with Crippen molar-refractivity contribution in [2.45, 2.75) is 23.6 Å². The van der Waals surface area contributed by atoms with Crippen molar-refractivity contribution in [1.29, 1.82) is 0 Å². The number of thiophene rings is 1. The van der Waals surface area contributed by atoms with Gasteiger partial charge in [0.1, 0.15) is 4.21 Å². The zero-order valence-electron chi connectivity index (χ0n) is 15.1. The molecule has 1 saturated heterocycles. The number of rotatable bonds is 5. The summed E-state index contributed by atoms with van der Waals surface area (Å²) >= 11 is 6.35. The number of sulfonamides is 1. The maximum atomic E-state index is 12.7. The summed E-state index contributed by atoms with van der Waals surface area (Å²) in [4.78, 5) is 12.5. The van der Waals surface area contributed by atoms with E-state index in [-0.39, 0.29) is 12.5 Å². The van der Waals surface area contributed by atoms with E-state index in [2.05, 4.69) is 16.2 Å². The first kappa shape index (κ1) is 20.7. The second-order valence-corrected chi connectivity index (χ2v) is 9.94. The van der Waals surface area contributed by atoms with Crippen LogP contribution < -0.4 is 16.2 Å². The Morgan fingerprint density at radius 2 is 1.96 bits per heavy atom. The number of nitrogens with one attached hydrogen (secondary N) is 3. The predicted octanol–water partition coefficient (Wildman–Crippen LogP) is 1.84. The average Bonchev–Trinajstić information content (AvgIpc) is 3.27. The summed E-state index contributed by atoms with van der Waals surface area (Å²) in [5.74, 6) is -0.692. The van der Waals surface area contributed by atoms with Crippen molar-refractivity contribution in [3.8, 4) is 0 Å². The molecular formula is C18H22N4O3S3. The third-order valence-electron chi connectivity index (χ3n) is 4.44. The molecule has 1 amide bonds. The topological polar surface area (TPSA) is 90.5 Å². The van der Waals surface area contributed by atoms with E-state index in [1.807, 2.05) is 30.3 Å². The van der Waals surface area contributed by atoms with Gasteiger partial charge < -0.3 is 5.32 Å². The van der Waals surface area contributed by atoms with Gasteiger partial charge in [-0.3, -0.25) is 15.6 Å². The largest absolute Gasteiger partial charge is 0.357 e. The minimum atomic E-state index is -3.54. The first-order valence-corrected chi connectivity index (χ1v) is 11.6. The zero-order chi connectivity index (χ0) is 20.0. The molecule has 3 rings (SSSR count). The second-order valence-electron chi connectivity index (χ2n) is 6.42. The van der Waals surface area contributed by atoms with Gasteiger partial charge in [0.15, 0.2) is 5.11 Å². The fourth-order valence-electron chi connectivity index (χ4n) is 2.96. The van der Waals surface area contributed by atoms with Crippen molar-refractivity contribution < 1.29 is 13.2 Å². The lowest BCUT2D eigenvalue weighted by atomic mass is 9.99. The van der Waals surface area contributed by atoms with Crippen LogP contribution in [0.25, 0.3) is 0 Å². The highest BCUT2D eigenvalue weighted by Crippen LogP contribution is 2.26. The normalized spacial score (nSPS) is 17.6. The number of amides is 1. The van der Waals surface area contributed by atoms with E-state index in [1.165, 1.54) is 15.6 Å². The number of nitrogens with zero attached hydrogens (tertiary/aromatic N) is 1. The number of piperidine rings is 1. The first-order valence-electron chi connectivity index (χ1n) is 8.88. The highest BCUT2D eigenvalue weighted by Gasteiger charge is 2.33. The average molecular weight is 439 g/mol. The summed E-state index contributed by atoms with van der Waals surface area (Å²) in [7, 11) is -3.54. The Morgan fingerprint density at radius 1 is 1.18 bits per heavy atom. The van der Waals surface area contributed by atoms with E-state index >= 15 is 0 Å². The summed E-state index contributed by atoms with van der Waals surface area (Å²) in [5, 5.41) is 5.04. The Labute approximate surface area is 174 Å². The molecule has 0 radical (unpaired) electrons. The van der Waals surface area contributed by atoms with Crippen molar-refractivity contribution in [3.63, 3.8) is 0 Å². The van der Waals surface area contributed by atoms with Crippen molar-refractivity contribution in [2.24, 2.45) is 5.92 Å². The number of carbonyl (C=O) groups excluding carboxylic acids is 1. The van der Waals surface area contributed by atoms with Crippen LogP contribution in [-0.2, 0) is 21.4 Å². The third-order valence-corrected chi connectivity index (χ3v) is 7.92. The molecule has 0 aliphatic carbocycles. The summed E-state index contributed by atoms with van der Waals surface area (Å²) in [6, 6.07) is 13.0. The Kier molecular flexibility index (Phi) is 7.00. The monoisotopic (exact) mass is 438 g/mol. The third kappa shape index (κ3) is 5.28. The van der Waals surface area contributed by atoms with Crippen LogP contribution in [0.2, 0.25) is 0 Å². The quantitative estimate of drug-likeness (QED) is 0.488. The van der Waals surface area contributed by atoms with Crippen LogP contribution in [0.3, 0.4) is 0 Å². The Morgan fingerprint density at radius 3 is 2.68 bits per heavy atom. The summed E-state index contributed by atoms with van der Waals surface area (Å²) in [6.07, 6.45) is 1.27. The van der Waals surface area contributed by atoms with E-state index in [9.17, 15) is 13.2 Å². The Hall–Kier alpha value is -2.01. The Balaban J connectivity index is 1.48. The lowest BCUT2D eigenvalue weighted by Crippen LogP contribution is -2.51. The number of hydrazine groups is 1. The van der Waals surface area contributed by atoms with Gasteiger partial charge in [-0.15, -0.1) is 11.3 Å². The highest BCUT2D eigenvalue weighted by molar-refractivity contribution is 7.91. The number of hydrogen-bond donors (Lipinski definition) is 3. The van der Waals surface area contributed by atoms with Crippen molar-refractivity contribution in [3.05, 3.63) is 53.4 Å². The van der Waals surface area contributed by atoms with Crippen LogP contribution in [0.5, 0.6) is 0 Å². The van der Waals surface area contributed by atoms with E-state index in [1.54, 1.807) is 17.5 Å². The van der Waals surface area contributed by atoms with Crippen molar-refractivity contribution >= 4 is 44.6 Å². The highest BCUT2D eigenvalue weighted by atomic mass is 32.2. The number of thiocarbonyl (C=S) groups is 1. The molecule has 150 valence electrons. The molecular weight excluding hydrogens is 416 g/mol. The molecule has 1 atom stereocenters. The van der Waals surface area contributed by atoms with Crippen LogP contribution >= 0.6 is 23.6 Å². The van der Waals surface area contributed by atoms with Crippen molar-refractivity contribution in [1.82, 2.24) is 20.5 Å². The lowest BCUT2D eigenvalue weighted by molar-refractivity contribution is -0.126. The number of benzene rings is 1. The molecule has 1 fully saturated rings. The summed E-state index contributed by atoms with van der Waals surface area (Å²) < 4.78 is 27.0. The SMILES string of the molecule is O=C(NNC(=S)NCc1ccccc1)C1CCCN(S(=O)(=O)c2cccs2)C1. The molecule has 0 spiro atoms. The number of carbonyl (C=O) groups is 1. The molecule has 28 heavy (non-hydrogen) atoms. The maximum absolute atomic E-state index is 12.7. The Bertz CT molecular complexity index is 901. The molecule has 0 bridgehead atoms. The van der Waals surface area contributed by atoms with Gasteiger partial charge in [-0.1, -0.05) is 36.4 Å². The number of hydrogen-bond acceptors (Lipinski definition) is 5. The van der Waals surface area contributed by atoms with E-state index < -0.39 is 15.9 Å². The van der Waals surface area contributed by atoms with E-state index in [0.29, 0.717) is 35.3 Å². The van der Waals surface area contributed by atoms with Crippen LogP contribution in [0.4, 0.5) is 0 Å². The fourth-order valence-corrected chi connectivity index (χ4v) is 5.75. The molecule has 1 aliphatic rings. The van der Waals surface area contributed by atoms with Gasteiger partial charge in [0.05, 0.1) is 5.92 Å². The van der Waals surface area contributed by atoms with Crippen LogP contribution in [0, 0.1) is 5.92 Å². The molecule has 1 aromatic carbocycles. The standard InChI is InChI=1S/C18H22N4O3S3/c23-17(20-21-18(26)19-12-14-6-2-1-3-7-14)15-8-4-10-22(13-15)28(24,25)16-9-5-11-27-16/h1-3,5-7,9,11,15H,4,8,10,12-13H2,(H,20,23)(H2,19,21,26). The molecule has 0 saturated carbocycles. The van der Waals surface area contributed by atoms with E-state index in [0.717, 1.165) is 5.56 Å². The van der Waals surface area contributed by atoms with Crippen LogP contribution in [0.15, 0.2) is 52.1 Å². The van der Waals surface area contributed by atoms with E-state index in [4.69, 9.17) is 12.2 Å². The van der Waals surface area contributed by atoms with Gasteiger partial charge in [0, 0.05) is 19.6 Å². The summed E-state index contributed by atoms with van der Waals surface area (Å²) in [6.45, 7) is 1.13. The maximum Gasteiger partial charge on any atom is 0.252 e. The zero-order valence-corrected chi connectivity index (χ0v) is 17.6. The molecule has 1 aliphatic heterocycles. The molecule has 3 N–H and O–H groups in total. The van der Waals surface area contributed by atoms with Gasteiger partial charge >= 0.3 is 0 Å².